The van der Waals surface area contributed by atoms with Gasteiger partial charge < -0.3 is 10.1 Å². The molecule has 8 heteroatoms. The van der Waals surface area contributed by atoms with Crippen molar-refractivity contribution in [1.82, 2.24) is 9.78 Å². The number of hydrogen-bond acceptors (Lipinski definition) is 4. The normalized spacial score (nSPS) is 10.7. The smallest absolute Gasteiger partial charge is 0.273 e. The highest BCUT2D eigenvalue weighted by molar-refractivity contribution is 6.31. The molecule has 26 heavy (non-hydrogen) atoms. The summed E-state index contributed by atoms with van der Waals surface area (Å²) in [4.78, 5) is 36.7. The van der Waals surface area contributed by atoms with Gasteiger partial charge in [-0.3, -0.25) is 19.5 Å². The highest BCUT2D eigenvalue weighted by Gasteiger charge is 2.11. The Labute approximate surface area is 153 Å². The van der Waals surface area contributed by atoms with Gasteiger partial charge in [-0.2, -0.15) is 0 Å². The van der Waals surface area contributed by atoms with Crippen molar-refractivity contribution >= 4 is 34.0 Å². The molecule has 0 aliphatic rings. The van der Waals surface area contributed by atoms with Gasteiger partial charge in [-0.25, -0.2) is 4.68 Å². The van der Waals surface area contributed by atoms with Gasteiger partial charge in [-0.05, 0) is 30.3 Å². The van der Waals surface area contributed by atoms with Gasteiger partial charge in [0.2, 0.25) is 5.91 Å². The first kappa shape index (κ1) is 17.8. The molecular weight excluding hydrogens is 358 g/mol. The number of anilines is 1. The number of aromatic nitrogens is 2. The van der Waals surface area contributed by atoms with Crippen molar-refractivity contribution in [3.63, 3.8) is 0 Å². The summed E-state index contributed by atoms with van der Waals surface area (Å²) in [6, 6.07) is 11.4. The largest absolute Gasteiger partial charge is 0.495 e. The number of carbonyl (C=O) groups is 1. The Balaban J connectivity index is 1.77. The molecule has 0 bridgehead atoms. The van der Waals surface area contributed by atoms with Crippen LogP contribution in [0.4, 0.5) is 5.69 Å². The van der Waals surface area contributed by atoms with Crippen molar-refractivity contribution in [3.05, 3.63) is 68.2 Å². The van der Waals surface area contributed by atoms with Crippen LogP contribution in [0.1, 0.15) is 6.42 Å². The molecule has 2 N–H and O–H groups in total. The second kappa shape index (κ2) is 7.45. The SMILES string of the molecule is COc1ccc(Cl)cc1NC(=O)CCn1[nH]c(=O)c2ccccc2c1=O. The minimum absolute atomic E-state index is 0.0101. The summed E-state index contributed by atoms with van der Waals surface area (Å²) < 4.78 is 6.31. The Kier molecular flexibility index (Phi) is 5.09. The first-order valence-electron chi connectivity index (χ1n) is 7.85. The summed E-state index contributed by atoms with van der Waals surface area (Å²) in [5.41, 5.74) is -0.296. The number of ether oxygens (including phenoxy) is 1. The molecule has 0 saturated heterocycles. The number of aromatic amines is 1. The third-order valence-corrected chi connectivity index (χ3v) is 4.12. The van der Waals surface area contributed by atoms with Crippen molar-refractivity contribution in [2.45, 2.75) is 13.0 Å². The van der Waals surface area contributed by atoms with Crippen LogP contribution in [0.2, 0.25) is 5.02 Å². The van der Waals surface area contributed by atoms with Crippen molar-refractivity contribution in [3.8, 4) is 5.75 Å². The number of amides is 1. The molecule has 0 radical (unpaired) electrons. The molecule has 2 aromatic carbocycles. The number of rotatable bonds is 5. The minimum atomic E-state index is -0.378. The van der Waals surface area contributed by atoms with E-state index >= 15 is 0 Å². The fraction of sp³-hybridized carbons (Fsp3) is 0.167. The lowest BCUT2D eigenvalue weighted by atomic mass is 10.2. The quantitative estimate of drug-likeness (QED) is 0.718. The van der Waals surface area contributed by atoms with Gasteiger partial charge >= 0.3 is 0 Å². The lowest BCUT2D eigenvalue weighted by molar-refractivity contribution is -0.116. The molecule has 0 spiro atoms. The van der Waals surface area contributed by atoms with E-state index in [0.717, 1.165) is 4.68 Å². The van der Waals surface area contributed by atoms with Crippen LogP contribution in [0.15, 0.2) is 52.1 Å². The van der Waals surface area contributed by atoms with Crippen molar-refractivity contribution < 1.29 is 9.53 Å². The number of benzene rings is 2. The molecule has 1 heterocycles. The summed E-state index contributed by atoms with van der Waals surface area (Å²) >= 11 is 5.93. The molecule has 134 valence electrons. The molecule has 7 nitrogen and oxygen atoms in total. The summed E-state index contributed by atoms with van der Waals surface area (Å²) in [5.74, 6) is 0.130. The van der Waals surface area contributed by atoms with Gasteiger partial charge in [0.25, 0.3) is 11.1 Å². The zero-order valence-electron chi connectivity index (χ0n) is 13.9. The molecule has 1 aromatic heterocycles. The molecule has 0 atom stereocenters. The van der Waals surface area contributed by atoms with Crippen molar-refractivity contribution in [2.75, 3.05) is 12.4 Å². The second-order valence-electron chi connectivity index (χ2n) is 5.59. The van der Waals surface area contributed by atoms with Gasteiger partial charge in [0.15, 0.2) is 0 Å². The molecule has 0 saturated carbocycles. The Bertz CT molecular complexity index is 1090. The van der Waals surface area contributed by atoms with Crippen LogP contribution < -0.4 is 21.2 Å². The summed E-state index contributed by atoms with van der Waals surface area (Å²) in [6.45, 7) is 0.0353. The van der Waals surface area contributed by atoms with Crippen LogP contribution in [0.5, 0.6) is 5.75 Å². The molecule has 3 aromatic rings. The fourth-order valence-corrected chi connectivity index (χ4v) is 2.78. The van der Waals surface area contributed by atoms with Crippen molar-refractivity contribution in [1.29, 1.82) is 0 Å². The maximum Gasteiger partial charge on any atom is 0.273 e. The van der Waals surface area contributed by atoms with Crippen molar-refractivity contribution in [2.24, 2.45) is 0 Å². The van der Waals surface area contributed by atoms with E-state index in [9.17, 15) is 14.4 Å². The standard InChI is InChI=1S/C18H16ClN3O4/c1-26-15-7-6-11(19)10-14(15)20-16(23)8-9-22-18(25)13-5-3-2-4-12(13)17(24)21-22/h2-7,10H,8-9H2,1H3,(H,20,23)(H,21,24). The van der Waals surface area contributed by atoms with Crippen LogP contribution in [-0.4, -0.2) is 22.8 Å². The summed E-state index contributed by atoms with van der Waals surface area (Å²) in [7, 11) is 1.48. The maximum absolute atomic E-state index is 12.4. The van der Waals surface area contributed by atoms with Crippen LogP contribution in [-0.2, 0) is 11.3 Å². The average Bonchev–Trinajstić information content (AvgIpc) is 2.64. The lowest BCUT2D eigenvalue weighted by Gasteiger charge is -2.11. The van der Waals surface area contributed by atoms with Crippen LogP contribution in [0.25, 0.3) is 10.8 Å². The summed E-state index contributed by atoms with van der Waals surface area (Å²) in [6.07, 6.45) is -0.0101. The minimum Gasteiger partial charge on any atom is -0.495 e. The van der Waals surface area contributed by atoms with Gasteiger partial charge in [0.1, 0.15) is 5.75 Å². The highest BCUT2D eigenvalue weighted by atomic mass is 35.5. The van der Waals surface area contributed by atoms with E-state index in [4.69, 9.17) is 16.3 Å². The number of nitrogens with one attached hydrogen (secondary N) is 2. The van der Waals surface area contributed by atoms with Gasteiger partial charge in [0, 0.05) is 11.4 Å². The van der Waals surface area contributed by atoms with Gasteiger partial charge in [-0.15, -0.1) is 0 Å². The van der Waals surface area contributed by atoms with Crippen LogP contribution >= 0.6 is 11.6 Å². The maximum atomic E-state index is 12.4. The Hall–Kier alpha value is -3.06. The van der Waals surface area contributed by atoms with E-state index in [1.807, 2.05) is 0 Å². The number of halogens is 1. The van der Waals surface area contributed by atoms with Crippen LogP contribution in [0, 0.1) is 0 Å². The number of hydrogen-bond donors (Lipinski definition) is 2. The predicted molar refractivity (Wildman–Crippen MR) is 100 cm³/mol. The lowest BCUT2D eigenvalue weighted by Crippen LogP contribution is -2.31. The van der Waals surface area contributed by atoms with Gasteiger partial charge in [0.05, 0.1) is 30.1 Å². The number of H-pyrrole nitrogens is 1. The molecule has 0 aliphatic carbocycles. The third-order valence-electron chi connectivity index (χ3n) is 3.88. The zero-order chi connectivity index (χ0) is 18.7. The van der Waals surface area contributed by atoms with Gasteiger partial charge in [-0.1, -0.05) is 23.7 Å². The number of fused-ring (bicyclic) bond motifs is 1. The third kappa shape index (κ3) is 3.62. The number of methoxy groups -OCH3 is 1. The first-order chi connectivity index (χ1) is 12.5. The zero-order valence-corrected chi connectivity index (χ0v) is 14.7. The summed E-state index contributed by atoms with van der Waals surface area (Å²) in [5, 5.41) is 6.27. The van der Waals surface area contributed by atoms with Crippen LogP contribution in [0.3, 0.4) is 0 Å². The van der Waals surface area contributed by atoms with E-state index in [1.165, 1.54) is 7.11 Å². The number of nitrogens with zero attached hydrogens (tertiary/aromatic N) is 1. The molecule has 0 aliphatic heterocycles. The van der Waals surface area contributed by atoms with E-state index in [2.05, 4.69) is 10.4 Å². The number of aryl methyl sites for hydroxylation is 1. The topological polar surface area (TPSA) is 93.2 Å². The first-order valence-corrected chi connectivity index (χ1v) is 8.22. The second-order valence-corrected chi connectivity index (χ2v) is 6.02. The van der Waals surface area contributed by atoms with E-state index in [1.54, 1.807) is 42.5 Å². The van der Waals surface area contributed by atoms with E-state index < -0.39 is 0 Å². The molecular formula is C18H16ClN3O4. The Morgan fingerprint density at radius 3 is 2.65 bits per heavy atom. The molecule has 0 unspecified atom stereocenters. The number of carbonyl (C=O) groups excluding carboxylic acids is 1. The van der Waals surface area contributed by atoms with E-state index in [-0.39, 0.29) is 30.0 Å². The predicted octanol–water partition coefficient (Wildman–Crippen LogP) is 2.38. The van der Waals surface area contributed by atoms with E-state index in [0.29, 0.717) is 27.2 Å². The highest BCUT2D eigenvalue weighted by Crippen LogP contribution is 2.27. The molecule has 1 amide bonds. The molecule has 3 rings (SSSR count). The Morgan fingerprint density at radius 1 is 1.19 bits per heavy atom. The Morgan fingerprint density at radius 2 is 1.92 bits per heavy atom. The fourth-order valence-electron chi connectivity index (χ4n) is 2.61. The molecule has 0 fully saturated rings. The monoisotopic (exact) mass is 373 g/mol. The average molecular weight is 374 g/mol.